The Morgan fingerprint density at radius 3 is 2.38 bits per heavy atom. The number of aromatic amines is 1. The first-order valence-corrected chi connectivity index (χ1v) is 10.0. The maximum Gasteiger partial charge on any atom is 0.336 e. The van der Waals surface area contributed by atoms with Crippen molar-refractivity contribution >= 4 is 17.6 Å². The van der Waals surface area contributed by atoms with E-state index in [4.69, 9.17) is 4.74 Å². The standard InChI is InChI=1S/C25H21N3O4/c29-24(19-5-1-2-6-20(19)25(30)31)28-18-11-9-17(10-12-18)13-14-32-23-8-4-3-7-21(23)22-15-26-16-27-22/h1-12,15-16H,13-14H2,(H,26,27)(H,28,29)(H,30,31). The third kappa shape index (κ3) is 4.84. The zero-order valence-electron chi connectivity index (χ0n) is 17.1. The van der Waals surface area contributed by atoms with E-state index in [1.165, 1.54) is 12.1 Å². The molecular formula is C25H21N3O4. The van der Waals surface area contributed by atoms with E-state index in [-0.39, 0.29) is 11.1 Å². The van der Waals surface area contributed by atoms with Gasteiger partial charge in [-0.05, 0) is 42.0 Å². The van der Waals surface area contributed by atoms with Crippen molar-refractivity contribution in [2.75, 3.05) is 11.9 Å². The second-order valence-electron chi connectivity index (χ2n) is 7.06. The second kappa shape index (κ2) is 9.61. The van der Waals surface area contributed by atoms with Crippen molar-refractivity contribution in [2.24, 2.45) is 0 Å². The lowest BCUT2D eigenvalue weighted by molar-refractivity contribution is 0.0692. The summed E-state index contributed by atoms with van der Waals surface area (Å²) < 4.78 is 5.98. The molecular weight excluding hydrogens is 406 g/mol. The number of aromatic carboxylic acids is 1. The van der Waals surface area contributed by atoms with E-state index < -0.39 is 11.9 Å². The average Bonchev–Trinajstić information content (AvgIpc) is 3.35. The van der Waals surface area contributed by atoms with Crippen molar-refractivity contribution in [3.05, 3.63) is 102 Å². The highest BCUT2D eigenvalue weighted by Gasteiger charge is 2.15. The molecule has 0 saturated carbocycles. The van der Waals surface area contributed by atoms with E-state index in [0.717, 1.165) is 22.6 Å². The predicted octanol–water partition coefficient (Wildman–Crippen LogP) is 4.65. The monoisotopic (exact) mass is 427 g/mol. The Kier molecular flexibility index (Phi) is 6.27. The molecule has 0 radical (unpaired) electrons. The highest BCUT2D eigenvalue weighted by Crippen LogP contribution is 2.28. The fourth-order valence-corrected chi connectivity index (χ4v) is 3.32. The van der Waals surface area contributed by atoms with Gasteiger partial charge in [-0.25, -0.2) is 9.78 Å². The minimum atomic E-state index is -1.14. The van der Waals surface area contributed by atoms with Gasteiger partial charge in [0, 0.05) is 17.7 Å². The van der Waals surface area contributed by atoms with E-state index in [1.807, 2.05) is 36.4 Å². The molecule has 0 aliphatic carbocycles. The van der Waals surface area contributed by atoms with Crippen LogP contribution < -0.4 is 10.1 Å². The minimum Gasteiger partial charge on any atom is -0.493 e. The van der Waals surface area contributed by atoms with Gasteiger partial charge in [-0.15, -0.1) is 0 Å². The number of aromatic nitrogens is 2. The van der Waals surface area contributed by atoms with Gasteiger partial charge < -0.3 is 20.1 Å². The third-order valence-electron chi connectivity index (χ3n) is 4.94. The Balaban J connectivity index is 1.35. The highest BCUT2D eigenvalue weighted by molar-refractivity contribution is 6.10. The van der Waals surface area contributed by atoms with E-state index in [2.05, 4.69) is 15.3 Å². The van der Waals surface area contributed by atoms with E-state index >= 15 is 0 Å². The molecule has 0 aliphatic heterocycles. The quantitative estimate of drug-likeness (QED) is 0.380. The topological polar surface area (TPSA) is 104 Å². The number of hydrogen-bond donors (Lipinski definition) is 3. The number of imidazole rings is 1. The zero-order valence-corrected chi connectivity index (χ0v) is 17.1. The summed E-state index contributed by atoms with van der Waals surface area (Å²) in [6, 6.07) is 21.3. The zero-order chi connectivity index (χ0) is 22.3. The number of amides is 1. The molecule has 3 aromatic carbocycles. The fraction of sp³-hybridized carbons (Fsp3) is 0.0800. The third-order valence-corrected chi connectivity index (χ3v) is 4.94. The molecule has 1 aromatic heterocycles. The summed E-state index contributed by atoms with van der Waals surface area (Å²) in [6.07, 6.45) is 4.07. The molecule has 0 aliphatic rings. The highest BCUT2D eigenvalue weighted by atomic mass is 16.5. The number of anilines is 1. The van der Waals surface area contributed by atoms with Gasteiger partial charge in [0.05, 0.1) is 36.0 Å². The molecule has 0 fully saturated rings. The molecule has 0 spiro atoms. The predicted molar refractivity (Wildman–Crippen MR) is 121 cm³/mol. The van der Waals surface area contributed by atoms with Gasteiger partial charge >= 0.3 is 5.97 Å². The number of nitrogens with zero attached hydrogens (tertiary/aromatic N) is 1. The number of rotatable bonds is 8. The molecule has 0 atom stereocenters. The Morgan fingerprint density at radius 2 is 1.66 bits per heavy atom. The number of carbonyl (C=O) groups is 2. The summed E-state index contributed by atoms with van der Waals surface area (Å²) in [5.74, 6) is -0.826. The number of ether oxygens (including phenoxy) is 1. The number of carboxylic acid groups (broad SMARTS) is 1. The van der Waals surface area contributed by atoms with Crippen LogP contribution in [0.2, 0.25) is 0 Å². The van der Waals surface area contributed by atoms with Crippen LogP contribution in [0.3, 0.4) is 0 Å². The molecule has 7 heteroatoms. The largest absolute Gasteiger partial charge is 0.493 e. The van der Waals surface area contributed by atoms with E-state index in [1.54, 1.807) is 36.8 Å². The van der Waals surface area contributed by atoms with E-state index in [9.17, 15) is 14.7 Å². The van der Waals surface area contributed by atoms with Crippen molar-refractivity contribution in [2.45, 2.75) is 6.42 Å². The van der Waals surface area contributed by atoms with Crippen LogP contribution in [0.25, 0.3) is 11.3 Å². The van der Waals surface area contributed by atoms with Gasteiger partial charge in [-0.1, -0.05) is 36.4 Å². The minimum absolute atomic E-state index is 0.0332. The number of benzene rings is 3. The van der Waals surface area contributed by atoms with Crippen LogP contribution in [0, 0.1) is 0 Å². The van der Waals surface area contributed by atoms with Crippen LogP contribution in [-0.4, -0.2) is 33.6 Å². The summed E-state index contributed by atoms with van der Waals surface area (Å²) in [5, 5.41) is 12.0. The number of nitrogens with one attached hydrogen (secondary N) is 2. The van der Waals surface area contributed by atoms with Crippen LogP contribution >= 0.6 is 0 Å². The summed E-state index contributed by atoms with van der Waals surface area (Å²) in [7, 11) is 0. The maximum atomic E-state index is 12.5. The molecule has 4 aromatic rings. The molecule has 32 heavy (non-hydrogen) atoms. The van der Waals surface area contributed by atoms with Gasteiger partial charge in [0.25, 0.3) is 5.91 Å². The fourth-order valence-electron chi connectivity index (χ4n) is 3.32. The van der Waals surface area contributed by atoms with E-state index in [0.29, 0.717) is 18.7 Å². The number of H-pyrrole nitrogens is 1. The van der Waals surface area contributed by atoms with Crippen molar-refractivity contribution in [3.8, 4) is 17.0 Å². The van der Waals surface area contributed by atoms with Gasteiger partial charge in [-0.2, -0.15) is 0 Å². The molecule has 1 heterocycles. The summed E-state index contributed by atoms with van der Waals surface area (Å²) in [5.41, 5.74) is 3.56. The molecule has 4 rings (SSSR count). The molecule has 0 bridgehead atoms. The number of carbonyl (C=O) groups excluding carboxylic acids is 1. The molecule has 1 amide bonds. The molecule has 160 valence electrons. The van der Waals surface area contributed by atoms with Crippen LogP contribution in [0.15, 0.2) is 85.3 Å². The second-order valence-corrected chi connectivity index (χ2v) is 7.06. The Bertz CT molecular complexity index is 1220. The normalized spacial score (nSPS) is 10.5. The number of para-hydroxylation sites is 1. The first-order chi connectivity index (χ1) is 15.6. The first kappa shape index (κ1) is 20.9. The van der Waals surface area contributed by atoms with Gasteiger partial charge in [-0.3, -0.25) is 4.79 Å². The molecule has 0 unspecified atom stereocenters. The van der Waals surface area contributed by atoms with Gasteiger partial charge in [0.15, 0.2) is 0 Å². The van der Waals surface area contributed by atoms with Crippen LogP contribution in [-0.2, 0) is 6.42 Å². The van der Waals surface area contributed by atoms with Crippen molar-refractivity contribution in [3.63, 3.8) is 0 Å². The smallest absolute Gasteiger partial charge is 0.336 e. The lowest BCUT2D eigenvalue weighted by Crippen LogP contribution is -2.16. The van der Waals surface area contributed by atoms with Crippen LogP contribution in [0.5, 0.6) is 5.75 Å². The summed E-state index contributed by atoms with van der Waals surface area (Å²) in [4.78, 5) is 30.9. The lowest BCUT2D eigenvalue weighted by atomic mass is 10.1. The Labute approximate surface area is 184 Å². The summed E-state index contributed by atoms with van der Waals surface area (Å²) >= 11 is 0. The Hall–Kier alpha value is -4.39. The number of hydrogen-bond acceptors (Lipinski definition) is 4. The van der Waals surface area contributed by atoms with Crippen molar-refractivity contribution in [1.29, 1.82) is 0 Å². The lowest BCUT2D eigenvalue weighted by Gasteiger charge is -2.11. The molecule has 0 saturated heterocycles. The van der Waals surface area contributed by atoms with Crippen molar-refractivity contribution in [1.82, 2.24) is 9.97 Å². The van der Waals surface area contributed by atoms with Gasteiger partial charge in [0.2, 0.25) is 0 Å². The van der Waals surface area contributed by atoms with Crippen LogP contribution in [0.1, 0.15) is 26.3 Å². The van der Waals surface area contributed by atoms with Gasteiger partial charge in [0.1, 0.15) is 5.75 Å². The maximum absolute atomic E-state index is 12.5. The average molecular weight is 427 g/mol. The summed E-state index contributed by atoms with van der Waals surface area (Å²) in [6.45, 7) is 0.489. The number of carboxylic acids is 1. The SMILES string of the molecule is O=C(O)c1ccccc1C(=O)Nc1ccc(CCOc2ccccc2-c2cnc[nH]2)cc1. The Morgan fingerprint density at radius 1 is 0.938 bits per heavy atom. The van der Waals surface area contributed by atoms with Crippen LogP contribution in [0.4, 0.5) is 5.69 Å². The van der Waals surface area contributed by atoms with Crippen molar-refractivity contribution < 1.29 is 19.4 Å². The molecule has 3 N–H and O–H groups in total. The first-order valence-electron chi connectivity index (χ1n) is 10.0. The molecule has 7 nitrogen and oxygen atoms in total.